The molecule has 3 rings (SSSR count). The summed E-state index contributed by atoms with van der Waals surface area (Å²) in [5.41, 5.74) is -0.502. The molecule has 37 heavy (non-hydrogen) atoms. The Hall–Kier alpha value is -1.32. The molecule has 3 heterocycles. The largest absolute Gasteiger partial charge is 0.465 e. The van der Waals surface area contributed by atoms with Crippen LogP contribution >= 0.6 is 27.7 Å². The van der Waals surface area contributed by atoms with Crippen LogP contribution in [0, 0.1) is 17.8 Å². The van der Waals surface area contributed by atoms with Gasteiger partial charge >= 0.3 is 5.97 Å². The summed E-state index contributed by atoms with van der Waals surface area (Å²) in [5, 5.41) is 10.3. The van der Waals surface area contributed by atoms with Crippen LogP contribution < -0.4 is 0 Å². The van der Waals surface area contributed by atoms with Crippen LogP contribution in [0.4, 0.5) is 0 Å². The summed E-state index contributed by atoms with van der Waals surface area (Å²) >= 11 is 5.38. The molecular formula is C28H43BrN2O5S. The van der Waals surface area contributed by atoms with E-state index in [1.165, 1.54) is 0 Å². The lowest BCUT2D eigenvalue weighted by Crippen LogP contribution is -2.61. The van der Waals surface area contributed by atoms with Gasteiger partial charge in [-0.15, -0.1) is 24.9 Å². The first-order chi connectivity index (χ1) is 17.4. The molecule has 1 N–H and O–H groups in total. The number of allylic oxidation sites excluding steroid dienone is 1. The van der Waals surface area contributed by atoms with Crippen molar-refractivity contribution in [1.29, 1.82) is 0 Å². The Kier molecular flexibility index (Phi) is 9.66. The third-order valence-electron chi connectivity index (χ3n) is 8.26. The first-order valence-electron chi connectivity index (χ1n) is 13.4. The topological polar surface area (TPSA) is 87.2 Å². The summed E-state index contributed by atoms with van der Waals surface area (Å²) in [6, 6.07) is -1.31. The minimum Gasteiger partial charge on any atom is -0.465 e. The average Bonchev–Trinajstić information content (AvgIpc) is 3.43. The number of carbonyl (C=O) groups is 3. The fraction of sp³-hybridized carbons (Fsp3) is 0.750. The van der Waals surface area contributed by atoms with Crippen LogP contribution in [0.1, 0.15) is 60.3 Å². The quantitative estimate of drug-likeness (QED) is 0.157. The van der Waals surface area contributed by atoms with Crippen molar-refractivity contribution in [2.75, 3.05) is 19.8 Å². The number of alkyl halides is 1. The minimum absolute atomic E-state index is 0.0201. The number of hydrogen-bond acceptors (Lipinski definition) is 6. The van der Waals surface area contributed by atoms with E-state index in [0.717, 1.165) is 12.8 Å². The number of amides is 2. The number of aliphatic hydroxyl groups excluding tert-OH is 1. The maximum Gasteiger partial charge on any atom is 0.310 e. The van der Waals surface area contributed by atoms with Crippen molar-refractivity contribution in [2.24, 2.45) is 17.8 Å². The number of aliphatic hydroxyl groups is 1. The van der Waals surface area contributed by atoms with E-state index in [4.69, 9.17) is 4.74 Å². The lowest BCUT2D eigenvalue weighted by Gasteiger charge is -2.44. The van der Waals surface area contributed by atoms with E-state index in [1.54, 1.807) is 33.7 Å². The van der Waals surface area contributed by atoms with Gasteiger partial charge in [-0.1, -0.05) is 48.4 Å². The molecule has 3 aliphatic heterocycles. The van der Waals surface area contributed by atoms with E-state index in [-0.39, 0.29) is 47.0 Å². The Morgan fingerprint density at radius 1 is 1.35 bits per heavy atom. The van der Waals surface area contributed by atoms with Crippen molar-refractivity contribution in [3.8, 4) is 0 Å². The predicted molar refractivity (Wildman–Crippen MR) is 151 cm³/mol. The van der Waals surface area contributed by atoms with E-state index in [1.807, 2.05) is 34.6 Å². The molecule has 2 bridgehead atoms. The SMILES string of the molecule is C=CCCCOC(=O)[C@H]1[C@@H]2SC3(CC2Br)C(C(=O)N(CC=C)C(C)(C)C)N([C@@H](CO)[C@@H](C)CC)C(=O)[C@H]13. The molecule has 8 atom stereocenters. The second-order valence-corrected chi connectivity index (χ2v) is 14.3. The number of unbranched alkanes of at least 4 members (excludes halogenated alkanes) is 1. The molecule has 3 unspecified atom stereocenters. The van der Waals surface area contributed by atoms with E-state index < -0.39 is 34.2 Å². The number of esters is 1. The number of halogens is 1. The fourth-order valence-electron chi connectivity index (χ4n) is 6.26. The minimum atomic E-state index is -0.788. The molecule has 3 fully saturated rings. The lowest BCUT2D eigenvalue weighted by molar-refractivity contribution is -0.155. The second kappa shape index (κ2) is 11.8. The zero-order valence-electron chi connectivity index (χ0n) is 22.8. The first kappa shape index (κ1) is 30.2. The molecular weight excluding hydrogens is 556 g/mol. The maximum atomic E-state index is 14.5. The number of hydrogen-bond donors (Lipinski definition) is 1. The Morgan fingerprint density at radius 3 is 2.57 bits per heavy atom. The van der Waals surface area contributed by atoms with E-state index in [2.05, 4.69) is 29.1 Å². The van der Waals surface area contributed by atoms with Crippen LogP contribution in [-0.4, -0.2) is 84.9 Å². The number of ether oxygens (including phenoxy) is 1. The van der Waals surface area contributed by atoms with E-state index in [0.29, 0.717) is 19.4 Å². The monoisotopic (exact) mass is 598 g/mol. The van der Waals surface area contributed by atoms with Crippen molar-refractivity contribution < 1.29 is 24.2 Å². The highest BCUT2D eigenvalue weighted by molar-refractivity contribution is 9.09. The average molecular weight is 600 g/mol. The molecule has 7 nitrogen and oxygen atoms in total. The maximum absolute atomic E-state index is 14.5. The molecule has 0 aromatic carbocycles. The summed E-state index contributed by atoms with van der Waals surface area (Å²) in [4.78, 5) is 45.6. The highest BCUT2D eigenvalue weighted by atomic mass is 79.9. The number of carbonyl (C=O) groups excluding carboxylic acids is 3. The predicted octanol–water partition coefficient (Wildman–Crippen LogP) is 4.18. The number of nitrogens with zero attached hydrogens (tertiary/aromatic N) is 2. The zero-order chi connectivity index (χ0) is 27.7. The molecule has 2 amide bonds. The standard InChI is InChI=1S/C28H43BrN2O5S/c1-8-11-12-14-36-26(35)20-21-24(33)31(19(16-32)17(4)10-3)23(28(21)15-18(29)22(20)37-28)25(34)30(13-9-2)27(5,6)7/h8-9,17-23,32H,1-2,10-16H2,3-7H3/t17-,18?,19-,20+,21-,22+,23?,28?/m0/s1. The fourth-order valence-corrected chi connectivity index (χ4v) is 9.84. The summed E-state index contributed by atoms with van der Waals surface area (Å²) in [5.74, 6) is -2.07. The number of thioether (sulfide) groups is 1. The van der Waals surface area contributed by atoms with Gasteiger partial charge in [-0.05, 0) is 46.0 Å². The van der Waals surface area contributed by atoms with Gasteiger partial charge in [0.1, 0.15) is 6.04 Å². The van der Waals surface area contributed by atoms with Crippen LogP contribution in [0.5, 0.6) is 0 Å². The first-order valence-corrected chi connectivity index (χ1v) is 15.2. The summed E-state index contributed by atoms with van der Waals surface area (Å²) < 4.78 is 4.88. The van der Waals surface area contributed by atoms with Gasteiger partial charge in [0.15, 0.2) is 0 Å². The van der Waals surface area contributed by atoms with E-state index >= 15 is 0 Å². The van der Waals surface area contributed by atoms with Crippen LogP contribution in [0.3, 0.4) is 0 Å². The highest BCUT2D eigenvalue weighted by Gasteiger charge is 2.77. The molecule has 0 aliphatic carbocycles. The summed E-state index contributed by atoms with van der Waals surface area (Å²) in [6.45, 7) is 17.9. The molecule has 208 valence electrons. The van der Waals surface area contributed by atoms with Crippen LogP contribution in [0.15, 0.2) is 25.3 Å². The molecule has 0 saturated carbocycles. The van der Waals surface area contributed by atoms with Crippen molar-refractivity contribution in [1.82, 2.24) is 9.80 Å². The van der Waals surface area contributed by atoms with Crippen molar-refractivity contribution in [3.63, 3.8) is 0 Å². The highest BCUT2D eigenvalue weighted by Crippen LogP contribution is 2.68. The summed E-state index contributed by atoms with van der Waals surface area (Å²) in [7, 11) is 0. The second-order valence-electron chi connectivity index (χ2n) is 11.6. The Labute approximate surface area is 234 Å². The Morgan fingerprint density at radius 2 is 2.03 bits per heavy atom. The molecule has 3 saturated heterocycles. The molecule has 9 heteroatoms. The molecule has 0 aromatic rings. The van der Waals surface area contributed by atoms with Crippen LogP contribution in [0.2, 0.25) is 0 Å². The Bertz CT molecular complexity index is 907. The van der Waals surface area contributed by atoms with Gasteiger partial charge in [-0.3, -0.25) is 14.4 Å². The van der Waals surface area contributed by atoms with Gasteiger partial charge < -0.3 is 19.6 Å². The smallest absolute Gasteiger partial charge is 0.310 e. The third-order valence-corrected chi connectivity index (χ3v) is 11.5. The molecule has 0 radical (unpaired) electrons. The normalized spacial score (nSPS) is 32.1. The summed E-state index contributed by atoms with van der Waals surface area (Å²) in [6.07, 6.45) is 6.25. The zero-order valence-corrected chi connectivity index (χ0v) is 25.2. The van der Waals surface area contributed by atoms with Crippen molar-refractivity contribution >= 4 is 45.5 Å². The third kappa shape index (κ3) is 5.29. The molecule has 3 aliphatic rings. The number of fused-ring (bicyclic) bond motifs is 1. The van der Waals surface area contributed by atoms with Crippen molar-refractivity contribution in [3.05, 3.63) is 25.3 Å². The van der Waals surface area contributed by atoms with Gasteiger partial charge in [-0.25, -0.2) is 0 Å². The number of likely N-dealkylation sites (tertiary alicyclic amines) is 1. The van der Waals surface area contributed by atoms with Gasteiger partial charge in [-0.2, -0.15) is 0 Å². The Balaban J connectivity index is 2.10. The van der Waals surface area contributed by atoms with Crippen molar-refractivity contribution in [2.45, 2.75) is 92.7 Å². The van der Waals surface area contributed by atoms with E-state index in [9.17, 15) is 19.5 Å². The van der Waals surface area contributed by atoms with Gasteiger partial charge in [0, 0.05) is 22.2 Å². The lowest BCUT2D eigenvalue weighted by atomic mass is 9.71. The van der Waals surface area contributed by atoms with Gasteiger partial charge in [0.05, 0.1) is 35.8 Å². The van der Waals surface area contributed by atoms with Crippen LogP contribution in [-0.2, 0) is 19.1 Å². The van der Waals surface area contributed by atoms with Gasteiger partial charge in [0.25, 0.3) is 0 Å². The number of rotatable bonds is 12. The molecule has 0 aromatic heterocycles. The molecule has 1 spiro atoms. The van der Waals surface area contributed by atoms with Crippen LogP contribution in [0.25, 0.3) is 0 Å². The van der Waals surface area contributed by atoms with Gasteiger partial charge in [0.2, 0.25) is 11.8 Å².